The third kappa shape index (κ3) is 3.18. The molecule has 0 spiro atoms. The molecule has 0 amide bonds. The van der Waals surface area contributed by atoms with Crippen molar-refractivity contribution in [2.24, 2.45) is 0 Å². The second kappa shape index (κ2) is 6.67. The van der Waals surface area contributed by atoms with Crippen LogP contribution in [-0.2, 0) is 10.0 Å². The summed E-state index contributed by atoms with van der Waals surface area (Å²) < 4.78 is 26.1. The molecule has 7 heteroatoms. The first-order chi connectivity index (χ1) is 8.57. The summed E-state index contributed by atoms with van der Waals surface area (Å²) in [6, 6.07) is 3.32. The van der Waals surface area contributed by atoms with Gasteiger partial charge in [0.05, 0.1) is 12.3 Å². The molecule has 0 saturated heterocycles. The van der Waals surface area contributed by atoms with Crippen molar-refractivity contribution in [1.82, 2.24) is 9.29 Å². The molecule has 0 radical (unpaired) electrons. The Morgan fingerprint density at radius 3 is 2.72 bits per heavy atom. The monoisotopic (exact) mass is 273 g/mol. The Hall–Kier alpha value is -1.18. The van der Waals surface area contributed by atoms with Crippen LogP contribution in [0.25, 0.3) is 0 Å². The first kappa shape index (κ1) is 14.9. The van der Waals surface area contributed by atoms with Gasteiger partial charge in [-0.1, -0.05) is 6.92 Å². The topological polar surface area (TPSA) is 82.5 Å². The second-order valence-electron chi connectivity index (χ2n) is 3.73. The van der Waals surface area contributed by atoms with Crippen molar-refractivity contribution in [3.63, 3.8) is 0 Å². The zero-order valence-corrected chi connectivity index (χ0v) is 11.4. The summed E-state index contributed by atoms with van der Waals surface area (Å²) in [5.74, 6) is 0. The van der Waals surface area contributed by atoms with Crippen LogP contribution >= 0.6 is 0 Å². The first-order valence-corrected chi connectivity index (χ1v) is 7.25. The van der Waals surface area contributed by atoms with Gasteiger partial charge in [-0.15, -0.1) is 0 Å². The first-order valence-electron chi connectivity index (χ1n) is 5.81. The average Bonchev–Trinajstić information content (AvgIpc) is 2.38. The van der Waals surface area contributed by atoms with E-state index in [1.54, 1.807) is 19.2 Å². The Bertz CT molecular complexity index is 470. The molecule has 18 heavy (non-hydrogen) atoms. The van der Waals surface area contributed by atoms with E-state index in [1.807, 2.05) is 6.92 Å². The van der Waals surface area contributed by atoms with Crippen molar-refractivity contribution < 1.29 is 13.5 Å². The lowest BCUT2D eigenvalue weighted by Gasteiger charge is -2.21. The Morgan fingerprint density at radius 1 is 1.44 bits per heavy atom. The van der Waals surface area contributed by atoms with E-state index in [2.05, 4.69) is 10.3 Å². The molecule has 0 bridgehead atoms. The van der Waals surface area contributed by atoms with Crippen molar-refractivity contribution in [2.75, 3.05) is 32.1 Å². The van der Waals surface area contributed by atoms with Crippen LogP contribution in [0.5, 0.6) is 0 Å². The maximum absolute atomic E-state index is 12.4. The van der Waals surface area contributed by atoms with Crippen LogP contribution in [0, 0.1) is 0 Å². The largest absolute Gasteiger partial charge is 0.395 e. The van der Waals surface area contributed by atoms with Crippen LogP contribution in [0.4, 0.5) is 5.69 Å². The Morgan fingerprint density at radius 2 is 2.17 bits per heavy atom. The van der Waals surface area contributed by atoms with Crippen LogP contribution in [0.3, 0.4) is 0 Å². The highest BCUT2D eigenvalue weighted by Gasteiger charge is 2.27. The fourth-order valence-electron chi connectivity index (χ4n) is 1.62. The number of pyridine rings is 1. The van der Waals surface area contributed by atoms with Gasteiger partial charge in [-0.25, -0.2) is 13.4 Å². The SMILES string of the molecule is CCCN(CCO)S(=O)(=O)c1ncccc1NC. The van der Waals surface area contributed by atoms with Gasteiger partial charge in [0, 0.05) is 26.3 Å². The number of rotatable bonds is 7. The maximum atomic E-state index is 12.4. The molecule has 1 rings (SSSR count). The zero-order chi connectivity index (χ0) is 13.6. The summed E-state index contributed by atoms with van der Waals surface area (Å²) in [4.78, 5) is 3.93. The normalized spacial score (nSPS) is 11.8. The fraction of sp³-hybridized carbons (Fsp3) is 0.545. The molecule has 0 aromatic carbocycles. The molecule has 0 aliphatic rings. The molecule has 0 saturated carbocycles. The molecule has 102 valence electrons. The van der Waals surface area contributed by atoms with Crippen molar-refractivity contribution in [1.29, 1.82) is 0 Å². The van der Waals surface area contributed by atoms with E-state index in [9.17, 15) is 8.42 Å². The van der Waals surface area contributed by atoms with Gasteiger partial charge in [0.1, 0.15) is 0 Å². The molecule has 0 fully saturated rings. The number of nitrogens with zero attached hydrogens (tertiary/aromatic N) is 2. The molecule has 0 unspecified atom stereocenters. The third-order valence-electron chi connectivity index (χ3n) is 2.45. The number of nitrogens with one attached hydrogen (secondary N) is 1. The quantitative estimate of drug-likeness (QED) is 0.756. The van der Waals surface area contributed by atoms with Crippen LogP contribution in [0.1, 0.15) is 13.3 Å². The van der Waals surface area contributed by atoms with Gasteiger partial charge in [0.15, 0.2) is 5.03 Å². The summed E-state index contributed by atoms with van der Waals surface area (Å²) in [6.07, 6.45) is 2.12. The highest BCUT2D eigenvalue weighted by atomic mass is 32.2. The van der Waals surface area contributed by atoms with E-state index in [-0.39, 0.29) is 18.2 Å². The number of aliphatic hydroxyl groups is 1. The summed E-state index contributed by atoms with van der Waals surface area (Å²) >= 11 is 0. The van der Waals surface area contributed by atoms with Crippen molar-refractivity contribution in [3.05, 3.63) is 18.3 Å². The van der Waals surface area contributed by atoms with E-state index in [0.717, 1.165) is 0 Å². The fourth-order valence-corrected chi connectivity index (χ4v) is 3.25. The van der Waals surface area contributed by atoms with Crippen LogP contribution in [0.15, 0.2) is 23.4 Å². The van der Waals surface area contributed by atoms with Crippen LogP contribution < -0.4 is 5.32 Å². The smallest absolute Gasteiger partial charge is 0.262 e. The average molecular weight is 273 g/mol. The summed E-state index contributed by atoms with van der Waals surface area (Å²) in [7, 11) is -2.02. The zero-order valence-electron chi connectivity index (χ0n) is 10.6. The van der Waals surface area contributed by atoms with Crippen molar-refractivity contribution in [2.45, 2.75) is 18.4 Å². The Balaban J connectivity index is 3.17. The number of hydrogen-bond donors (Lipinski definition) is 2. The number of aliphatic hydroxyl groups excluding tert-OH is 1. The minimum Gasteiger partial charge on any atom is -0.395 e. The van der Waals surface area contributed by atoms with E-state index < -0.39 is 10.0 Å². The van der Waals surface area contributed by atoms with Gasteiger partial charge in [0.2, 0.25) is 0 Å². The molecule has 2 N–H and O–H groups in total. The molecular weight excluding hydrogens is 254 g/mol. The number of hydrogen-bond acceptors (Lipinski definition) is 5. The van der Waals surface area contributed by atoms with Crippen molar-refractivity contribution in [3.8, 4) is 0 Å². The minimum absolute atomic E-state index is 0.00519. The van der Waals surface area contributed by atoms with E-state index >= 15 is 0 Å². The summed E-state index contributed by atoms with van der Waals surface area (Å²) in [5.41, 5.74) is 0.455. The lowest BCUT2D eigenvalue weighted by Crippen LogP contribution is -2.35. The molecule has 0 atom stereocenters. The Kier molecular flexibility index (Phi) is 5.52. The minimum atomic E-state index is -3.67. The van der Waals surface area contributed by atoms with Crippen LogP contribution in [-0.4, -0.2) is 49.6 Å². The van der Waals surface area contributed by atoms with E-state index in [1.165, 1.54) is 10.5 Å². The van der Waals surface area contributed by atoms with Gasteiger partial charge in [-0.05, 0) is 18.6 Å². The van der Waals surface area contributed by atoms with Gasteiger partial charge in [-0.3, -0.25) is 0 Å². The molecule has 6 nitrogen and oxygen atoms in total. The molecule has 0 aliphatic heterocycles. The number of sulfonamides is 1. The van der Waals surface area contributed by atoms with Gasteiger partial charge >= 0.3 is 0 Å². The molecule has 1 heterocycles. The predicted octanol–water partition coefficient (Wildman–Crippen LogP) is 0.516. The maximum Gasteiger partial charge on any atom is 0.262 e. The van der Waals surface area contributed by atoms with Crippen LogP contribution in [0.2, 0.25) is 0 Å². The Labute approximate surface area is 108 Å². The molecule has 1 aromatic heterocycles. The van der Waals surface area contributed by atoms with Crippen molar-refractivity contribution >= 4 is 15.7 Å². The molecule has 0 aliphatic carbocycles. The summed E-state index contributed by atoms with van der Waals surface area (Å²) in [5, 5.41) is 11.8. The summed E-state index contributed by atoms with van der Waals surface area (Å²) in [6.45, 7) is 2.12. The molecular formula is C11H19N3O3S. The highest BCUT2D eigenvalue weighted by molar-refractivity contribution is 7.89. The lowest BCUT2D eigenvalue weighted by molar-refractivity contribution is 0.253. The third-order valence-corrected chi connectivity index (χ3v) is 4.31. The molecule has 1 aromatic rings. The van der Waals surface area contributed by atoms with E-state index in [4.69, 9.17) is 5.11 Å². The second-order valence-corrected chi connectivity index (χ2v) is 5.59. The van der Waals surface area contributed by atoms with E-state index in [0.29, 0.717) is 18.7 Å². The standard InChI is InChI=1S/C11H19N3O3S/c1-3-7-14(8-9-15)18(16,17)11-10(12-2)5-4-6-13-11/h4-6,12,15H,3,7-9H2,1-2H3. The number of aromatic nitrogens is 1. The predicted molar refractivity (Wildman–Crippen MR) is 69.9 cm³/mol. The van der Waals surface area contributed by atoms with Gasteiger partial charge in [-0.2, -0.15) is 4.31 Å². The van der Waals surface area contributed by atoms with Gasteiger partial charge < -0.3 is 10.4 Å². The number of anilines is 1. The highest BCUT2D eigenvalue weighted by Crippen LogP contribution is 2.21. The van der Waals surface area contributed by atoms with Gasteiger partial charge in [0.25, 0.3) is 10.0 Å². The lowest BCUT2D eigenvalue weighted by atomic mass is 10.4.